The predicted molar refractivity (Wildman–Crippen MR) is 86.4 cm³/mol. The summed E-state index contributed by atoms with van der Waals surface area (Å²) in [6.07, 6.45) is -14.5. The van der Waals surface area contributed by atoms with Crippen molar-refractivity contribution in [1.29, 1.82) is 0 Å². The summed E-state index contributed by atoms with van der Waals surface area (Å²) in [5.74, 6) is -1.31. The summed E-state index contributed by atoms with van der Waals surface area (Å²) in [5.41, 5.74) is -11.3. The van der Waals surface area contributed by atoms with E-state index in [9.17, 15) is 35.9 Å². The second kappa shape index (κ2) is 7.62. The molecule has 0 bridgehead atoms. The summed E-state index contributed by atoms with van der Waals surface area (Å²) in [6.45, 7) is 8.53. The molecule has 0 unspecified atom stereocenters. The van der Waals surface area contributed by atoms with Crippen molar-refractivity contribution >= 4 is 12.1 Å². The quantitative estimate of drug-likeness (QED) is 0.427. The van der Waals surface area contributed by atoms with Crippen molar-refractivity contribution in [1.82, 2.24) is 0 Å². The normalized spacial score (nSPS) is 14.5. The van der Waals surface area contributed by atoms with Gasteiger partial charge in [-0.05, 0) is 54.9 Å². The Morgan fingerprint density at radius 2 is 1.11 bits per heavy atom. The van der Waals surface area contributed by atoms with Crippen molar-refractivity contribution in [3.8, 4) is 0 Å². The first-order valence-corrected chi connectivity index (χ1v) is 8.33. The van der Waals surface area contributed by atoms with E-state index in [4.69, 9.17) is 0 Å². The molecule has 0 aliphatic rings. The second-order valence-electron chi connectivity index (χ2n) is 8.38. The van der Waals surface area contributed by atoms with Gasteiger partial charge in [0, 0.05) is 0 Å². The largest absolute Gasteiger partial charge is 0.510 e. The average Bonchev–Trinajstić information content (AvgIpc) is 2.39. The Labute approximate surface area is 159 Å². The van der Waals surface area contributed by atoms with Crippen LogP contribution in [0.25, 0.3) is 0 Å². The highest BCUT2D eigenvalue weighted by Gasteiger charge is 2.83. The number of carbonyl (C=O) groups excluding carboxylic acids is 2. The molecule has 0 fully saturated rings. The number of carbonyl (C=O) groups is 2. The molecule has 0 aromatic heterocycles. The maximum absolute atomic E-state index is 13.7. The van der Waals surface area contributed by atoms with Crippen LogP contribution in [0.1, 0.15) is 61.8 Å². The lowest BCUT2D eigenvalue weighted by Gasteiger charge is -2.46. The number of ether oxygens (including phenoxy) is 3. The molecule has 0 spiro atoms. The van der Waals surface area contributed by atoms with Crippen LogP contribution in [0.2, 0.25) is 0 Å². The van der Waals surface area contributed by atoms with Gasteiger partial charge in [0.15, 0.2) is 5.60 Å². The first kappa shape index (κ1) is 26.3. The summed E-state index contributed by atoms with van der Waals surface area (Å²) in [5, 5.41) is 0. The zero-order valence-corrected chi connectivity index (χ0v) is 17.0. The number of halogens is 6. The molecule has 0 radical (unpaired) electrons. The molecule has 0 aromatic rings. The second-order valence-corrected chi connectivity index (χ2v) is 8.38. The van der Waals surface area contributed by atoms with Crippen molar-refractivity contribution in [3.05, 3.63) is 0 Å². The van der Waals surface area contributed by atoms with Crippen LogP contribution in [0.3, 0.4) is 0 Å². The fourth-order valence-corrected chi connectivity index (χ4v) is 2.06. The number of rotatable bonds is 5. The maximum atomic E-state index is 13.7. The van der Waals surface area contributed by atoms with E-state index in [1.807, 2.05) is 0 Å². The fraction of sp³-hybridized carbons (Fsp3) is 0.882. The summed E-state index contributed by atoms with van der Waals surface area (Å²) >= 11 is 0. The van der Waals surface area contributed by atoms with Gasteiger partial charge in [0.2, 0.25) is 0 Å². The Morgan fingerprint density at radius 3 is 1.39 bits per heavy atom. The lowest BCUT2D eigenvalue weighted by Crippen LogP contribution is -2.72. The molecule has 166 valence electrons. The van der Waals surface area contributed by atoms with Crippen LogP contribution in [0.5, 0.6) is 0 Å². The molecule has 0 N–H and O–H groups in total. The van der Waals surface area contributed by atoms with Crippen LogP contribution in [-0.4, -0.2) is 41.3 Å². The van der Waals surface area contributed by atoms with E-state index < -0.39 is 46.7 Å². The smallest absolute Gasteiger partial charge is 0.454 e. The molecular formula is C17H26F6O5. The molecule has 0 aromatic carbocycles. The Bertz CT molecular complexity index is 570. The summed E-state index contributed by atoms with van der Waals surface area (Å²) in [7, 11) is 0. The minimum absolute atomic E-state index is 0.0832. The van der Waals surface area contributed by atoms with E-state index in [1.54, 1.807) is 0 Å². The van der Waals surface area contributed by atoms with Crippen LogP contribution in [-0.2, 0) is 19.0 Å². The van der Waals surface area contributed by atoms with Crippen LogP contribution in [0.4, 0.5) is 31.1 Å². The molecule has 0 rings (SSSR count). The molecule has 0 saturated carbocycles. The molecule has 11 heteroatoms. The van der Waals surface area contributed by atoms with Crippen molar-refractivity contribution in [3.63, 3.8) is 0 Å². The third-order valence-corrected chi connectivity index (χ3v) is 4.06. The molecular weight excluding hydrogens is 398 g/mol. The predicted octanol–water partition coefficient (Wildman–Crippen LogP) is 5.56. The lowest BCUT2D eigenvalue weighted by molar-refractivity contribution is -0.408. The first-order valence-electron chi connectivity index (χ1n) is 8.33. The molecule has 0 atom stereocenters. The average molecular weight is 424 g/mol. The van der Waals surface area contributed by atoms with Crippen molar-refractivity contribution in [2.24, 2.45) is 5.41 Å². The highest BCUT2D eigenvalue weighted by molar-refractivity contribution is 5.76. The fourth-order valence-electron chi connectivity index (χ4n) is 2.06. The van der Waals surface area contributed by atoms with Gasteiger partial charge in [0.25, 0.3) is 0 Å². The zero-order chi connectivity index (χ0) is 23.0. The topological polar surface area (TPSA) is 61.8 Å². The molecule has 0 saturated heterocycles. The zero-order valence-electron chi connectivity index (χ0n) is 17.0. The monoisotopic (exact) mass is 424 g/mol. The molecule has 28 heavy (non-hydrogen) atoms. The van der Waals surface area contributed by atoms with Gasteiger partial charge >= 0.3 is 30.1 Å². The van der Waals surface area contributed by atoms with E-state index in [0.29, 0.717) is 13.8 Å². The third-order valence-electron chi connectivity index (χ3n) is 4.06. The van der Waals surface area contributed by atoms with E-state index in [2.05, 4.69) is 14.2 Å². The Hall–Kier alpha value is -1.68. The minimum atomic E-state index is -6.18. The lowest BCUT2D eigenvalue weighted by atomic mass is 9.82. The van der Waals surface area contributed by atoms with Crippen LogP contribution in [0, 0.1) is 5.41 Å². The molecule has 0 aliphatic carbocycles. The first-order chi connectivity index (χ1) is 12.0. The van der Waals surface area contributed by atoms with Gasteiger partial charge in [-0.15, -0.1) is 0 Å². The number of alkyl halides is 6. The SMILES string of the molecule is CCC(C)(C)C(=O)OC(C)(C)C(OC(=O)OC(C)(C)C)(C(F)(F)F)C(F)(F)F. The summed E-state index contributed by atoms with van der Waals surface area (Å²) < 4.78 is 95.4. The standard InChI is InChI=1S/C17H26F6O5/c1-9-13(5,6)10(24)26-14(7,8)15(16(18,19)20,17(21,22)23)28-11(25)27-12(2,3)4/h9H2,1-8H3. The molecule has 0 amide bonds. The van der Waals surface area contributed by atoms with Gasteiger partial charge in [-0.1, -0.05) is 6.92 Å². The molecule has 0 aliphatic heterocycles. The van der Waals surface area contributed by atoms with Crippen LogP contribution >= 0.6 is 0 Å². The van der Waals surface area contributed by atoms with E-state index >= 15 is 0 Å². The third kappa shape index (κ3) is 5.44. The number of hydrogen-bond donors (Lipinski definition) is 0. The van der Waals surface area contributed by atoms with Crippen molar-refractivity contribution < 1.29 is 50.1 Å². The number of hydrogen-bond acceptors (Lipinski definition) is 5. The number of esters is 1. The van der Waals surface area contributed by atoms with Gasteiger partial charge in [0.1, 0.15) is 5.60 Å². The van der Waals surface area contributed by atoms with E-state index in [-0.39, 0.29) is 6.42 Å². The molecule has 5 nitrogen and oxygen atoms in total. The maximum Gasteiger partial charge on any atom is 0.510 e. The van der Waals surface area contributed by atoms with E-state index in [1.165, 1.54) is 41.5 Å². The van der Waals surface area contributed by atoms with Gasteiger partial charge in [-0.2, -0.15) is 26.3 Å². The van der Waals surface area contributed by atoms with Crippen molar-refractivity contribution in [2.45, 2.75) is 91.0 Å². The Morgan fingerprint density at radius 1 is 0.714 bits per heavy atom. The van der Waals surface area contributed by atoms with Gasteiger partial charge in [-0.3, -0.25) is 4.79 Å². The highest BCUT2D eigenvalue weighted by atomic mass is 19.4. The van der Waals surface area contributed by atoms with E-state index in [0.717, 1.165) is 0 Å². The van der Waals surface area contributed by atoms with Gasteiger partial charge < -0.3 is 14.2 Å². The highest BCUT2D eigenvalue weighted by Crippen LogP contribution is 2.54. The summed E-state index contributed by atoms with van der Waals surface area (Å²) in [6, 6.07) is 0. The van der Waals surface area contributed by atoms with Crippen LogP contribution < -0.4 is 0 Å². The van der Waals surface area contributed by atoms with Gasteiger partial charge in [-0.25, -0.2) is 4.79 Å². The minimum Gasteiger partial charge on any atom is -0.454 e. The summed E-state index contributed by atoms with van der Waals surface area (Å²) in [4.78, 5) is 24.0. The molecule has 0 heterocycles. The Balaban J connectivity index is 6.44. The Kier molecular flexibility index (Phi) is 7.17. The van der Waals surface area contributed by atoms with Gasteiger partial charge in [0.05, 0.1) is 5.41 Å². The van der Waals surface area contributed by atoms with Crippen LogP contribution in [0.15, 0.2) is 0 Å². The van der Waals surface area contributed by atoms with Crippen molar-refractivity contribution in [2.75, 3.05) is 0 Å².